The summed E-state index contributed by atoms with van der Waals surface area (Å²) in [6.07, 6.45) is 3.79. The van der Waals surface area contributed by atoms with Crippen LogP contribution >= 0.6 is 0 Å². The molecule has 5 nitrogen and oxygen atoms in total. The molecule has 6 heteroatoms. The van der Waals surface area contributed by atoms with Crippen LogP contribution < -0.4 is 9.47 Å². The number of likely N-dealkylation sites (tertiary alicyclic amines) is 1. The molecule has 3 aromatic rings. The molecule has 146 valence electrons. The summed E-state index contributed by atoms with van der Waals surface area (Å²) in [6, 6.07) is 12.4. The third kappa shape index (κ3) is 3.73. The van der Waals surface area contributed by atoms with E-state index in [4.69, 9.17) is 13.9 Å². The van der Waals surface area contributed by atoms with Crippen molar-refractivity contribution in [3.05, 3.63) is 65.8 Å². The number of benzene rings is 2. The SMILES string of the molecule is COc1ccc(OC)c(C2CCCN2Cc2coc(-c3cccc(F)c3)n2)c1. The maximum atomic E-state index is 13.5. The van der Waals surface area contributed by atoms with E-state index in [1.165, 1.54) is 12.1 Å². The summed E-state index contributed by atoms with van der Waals surface area (Å²) >= 11 is 0. The summed E-state index contributed by atoms with van der Waals surface area (Å²) in [5.74, 6) is 1.81. The number of hydrogen-bond donors (Lipinski definition) is 0. The van der Waals surface area contributed by atoms with E-state index in [1.807, 2.05) is 18.2 Å². The Kier molecular flexibility index (Phi) is 5.30. The molecule has 1 aromatic heterocycles. The van der Waals surface area contributed by atoms with Gasteiger partial charge in [0.2, 0.25) is 5.89 Å². The maximum Gasteiger partial charge on any atom is 0.226 e. The number of oxazole rings is 1. The lowest BCUT2D eigenvalue weighted by Gasteiger charge is -2.25. The van der Waals surface area contributed by atoms with Crippen molar-refractivity contribution in [2.75, 3.05) is 20.8 Å². The van der Waals surface area contributed by atoms with Gasteiger partial charge in [0.1, 0.15) is 23.6 Å². The summed E-state index contributed by atoms with van der Waals surface area (Å²) in [7, 11) is 3.36. The average Bonchev–Trinajstić information content (AvgIpc) is 3.37. The van der Waals surface area contributed by atoms with Crippen molar-refractivity contribution in [2.24, 2.45) is 0 Å². The van der Waals surface area contributed by atoms with Crippen LogP contribution in [-0.2, 0) is 6.54 Å². The van der Waals surface area contributed by atoms with E-state index < -0.39 is 0 Å². The maximum absolute atomic E-state index is 13.5. The standard InChI is InChI=1S/C22H23FN2O3/c1-26-18-8-9-21(27-2)19(12-18)20-7-4-10-25(20)13-17-14-28-22(24-17)15-5-3-6-16(23)11-15/h3,5-6,8-9,11-12,14,20H,4,7,10,13H2,1-2H3. The predicted molar refractivity (Wildman–Crippen MR) is 104 cm³/mol. The minimum atomic E-state index is -0.304. The molecule has 0 radical (unpaired) electrons. The number of ether oxygens (including phenoxy) is 2. The zero-order valence-electron chi connectivity index (χ0n) is 16.0. The number of nitrogens with zero attached hydrogens (tertiary/aromatic N) is 2. The van der Waals surface area contributed by atoms with Gasteiger partial charge in [-0.25, -0.2) is 9.37 Å². The van der Waals surface area contributed by atoms with E-state index in [0.29, 0.717) is 18.0 Å². The van der Waals surface area contributed by atoms with Crippen molar-refractivity contribution in [3.63, 3.8) is 0 Å². The van der Waals surface area contributed by atoms with Crippen LogP contribution in [0.5, 0.6) is 11.5 Å². The summed E-state index contributed by atoms with van der Waals surface area (Å²) in [6.45, 7) is 1.62. The zero-order valence-corrected chi connectivity index (χ0v) is 16.0. The molecule has 0 aliphatic carbocycles. The molecule has 0 N–H and O–H groups in total. The highest BCUT2D eigenvalue weighted by Crippen LogP contribution is 2.39. The molecule has 4 rings (SSSR count). The Hall–Kier alpha value is -2.86. The highest BCUT2D eigenvalue weighted by Gasteiger charge is 2.29. The molecule has 2 aromatic carbocycles. The van der Waals surface area contributed by atoms with Crippen molar-refractivity contribution in [1.82, 2.24) is 9.88 Å². The van der Waals surface area contributed by atoms with Gasteiger partial charge in [-0.05, 0) is 55.8 Å². The third-order valence-electron chi connectivity index (χ3n) is 5.15. The van der Waals surface area contributed by atoms with E-state index in [9.17, 15) is 4.39 Å². The number of halogens is 1. The molecule has 1 aliphatic heterocycles. The molecule has 1 atom stereocenters. The van der Waals surface area contributed by atoms with Gasteiger partial charge in [-0.3, -0.25) is 4.90 Å². The normalized spacial score (nSPS) is 17.0. The van der Waals surface area contributed by atoms with Crippen LogP contribution in [0.25, 0.3) is 11.5 Å². The second-order valence-corrected chi connectivity index (χ2v) is 6.89. The Morgan fingerprint density at radius 2 is 2.07 bits per heavy atom. The molecule has 0 bridgehead atoms. The molecule has 0 amide bonds. The van der Waals surface area contributed by atoms with E-state index in [2.05, 4.69) is 9.88 Å². The minimum Gasteiger partial charge on any atom is -0.497 e. The molecule has 0 saturated carbocycles. The molecule has 2 heterocycles. The summed E-state index contributed by atoms with van der Waals surface area (Å²) < 4.78 is 30.0. The first-order chi connectivity index (χ1) is 13.7. The molecule has 1 unspecified atom stereocenters. The second-order valence-electron chi connectivity index (χ2n) is 6.89. The van der Waals surface area contributed by atoms with Crippen molar-refractivity contribution in [1.29, 1.82) is 0 Å². The largest absolute Gasteiger partial charge is 0.497 e. The van der Waals surface area contributed by atoms with Gasteiger partial charge in [0.15, 0.2) is 0 Å². The van der Waals surface area contributed by atoms with Gasteiger partial charge in [0.05, 0.1) is 19.9 Å². The molecule has 1 fully saturated rings. The van der Waals surface area contributed by atoms with Gasteiger partial charge in [-0.15, -0.1) is 0 Å². The molecule has 28 heavy (non-hydrogen) atoms. The van der Waals surface area contributed by atoms with Crippen LogP contribution in [0.1, 0.15) is 30.1 Å². The van der Waals surface area contributed by atoms with Crippen molar-refractivity contribution in [2.45, 2.75) is 25.4 Å². The lowest BCUT2D eigenvalue weighted by molar-refractivity contribution is 0.239. The van der Waals surface area contributed by atoms with Crippen LogP contribution in [0.3, 0.4) is 0 Å². The smallest absolute Gasteiger partial charge is 0.226 e. The first-order valence-electron chi connectivity index (χ1n) is 9.34. The van der Waals surface area contributed by atoms with Crippen LogP contribution in [-0.4, -0.2) is 30.6 Å². The minimum absolute atomic E-state index is 0.222. The van der Waals surface area contributed by atoms with Gasteiger partial charge in [0, 0.05) is 23.7 Å². The summed E-state index contributed by atoms with van der Waals surface area (Å²) in [5.41, 5.74) is 2.58. The highest BCUT2D eigenvalue weighted by molar-refractivity contribution is 5.53. The number of hydrogen-bond acceptors (Lipinski definition) is 5. The van der Waals surface area contributed by atoms with Crippen LogP contribution in [0.4, 0.5) is 4.39 Å². The Labute approximate surface area is 163 Å². The fraction of sp³-hybridized carbons (Fsp3) is 0.318. The Bertz CT molecular complexity index is 956. The Balaban J connectivity index is 1.55. The average molecular weight is 382 g/mol. The fourth-order valence-electron chi connectivity index (χ4n) is 3.81. The summed E-state index contributed by atoms with van der Waals surface area (Å²) in [4.78, 5) is 6.92. The molecule has 1 saturated heterocycles. The monoisotopic (exact) mass is 382 g/mol. The third-order valence-corrected chi connectivity index (χ3v) is 5.15. The van der Waals surface area contributed by atoms with E-state index in [1.54, 1.807) is 32.6 Å². The number of methoxy groups -OCH3 is 2. The summed E-state index contributed by atoms with van der Waals surface area (Å²) in [5, 5.41) is 0. The van der Waals surface area contributed by atoms with Gasteiger partial charge in [-0.2, -0.15) is 0 Å². The van der Waals surface area contributed by atoms with Crippen LogP contribution in [0.15, 0.2) is 53.1 Å². The van der Waals surface area contributed by atoms with Gasteiger partial charge in [-0.1, -0.05) is 6.07 Å². The highest BCUT2D eigenvalue weighted by atomic mass is 19.1. The number of aromatic nitrogens is 1. The lowest BCUT2D eigenvalue weighted by Crippen LogP contribution is -2.23. The van der Waals surface area contributed by atoms with E-state index >= 15 is 0 Å². The van der Waals surface area contributed by atoms with Crippen LogP contribution in [0.2, 0.25) is 0 Å². The van der Waals surface area contributed by atoms with Gasteiger partial charge < -0.3 is 13.9 Å². The molecular formula is C22H23FN2O3. The van der Waals surface area contributed by atoms with E-state index in [-0.39, 0.29) is 11.9 Å². The first-order valence-corrected chi connectivity index (χ1v) is 9.34. The topological polar surface area (TPSA) is 47.7 Å². The second kappa shape index (κ2) is 8.02. The van der Waals surface area contributed by atoms with Crippen molar-refractivity contribution in [3.8, 4) is 23.0 Å². The zero-order chi connectivity index (χ0) is 19.5. The van der Waals surface area contributed by atoms with E-state index in [0.717, 1.165) is 42.1 Å². The van der Waals surface area contributed by atoms with Crippen LogP contribution in [0, 0.1) is 5.82 Å². The van der Waals surface area contributed by atoms with Crippen molar-refractivity contribution < 1.29 is 18.3 Å². The lowest BCUT2D eigenvalue weighted by atomic mass is 10.0. The quantitative estimate of drug-likeness (QED) is 0.611. The first kappa shape index (κ1) is 18.5. The predicted octanol–water partition coefficient (Wildman–Crippen LogP) is 4.84. The van der Waals surface area contributed by atoms with Gasteiger partial charge >= 0.3 is 0 Å². The van der Waals surface area contributed by atoms with Crippen molar-refractivity contribution >= 4 is 0 Å². The number of rotatable bonds is 6. The Morgan fingerprint density at radius 1 is 1.18 bits per heavy atom. The van der Waals surface area contributed by atoms with Gasteiger partial charge in [0.25, 0.3) is 0 Å². The molecule has 0 spiro atoms. The molecular weight excluding hydrogens is 359 g/mol. The molecule has 1 aliphatic rings. The Morgan fingerprint density at radius 3 is 2.86 bits per heavy atom. The fourth-order valence-corrected chi connectivity index (χ4v) is 3.81.